The normalized spacial score (nSPS) is 15.0. The van der Waals surface area contributed by atoms with Crippen molar-refractivity contribution in [3.8, 4) is 5.75 Å². The van der Waals surface area contributed by atoms with Crippen LogP contribution >= 0.6 is 11.6 Å². The van der Waals surface area contributed by atoms with Gasteiger partial charge in [0, 0.05) is 49.2 Å². The minimum atomic E-state index is -0.0127. The van der Waals surface area contributed by atoms with Crippen molar-refractivity contribution in [2.75, 3.05) is 38.2 Å². The van der Waals surface area contributed by atoms with Crippen LogP contribution in [0.3, 0.4) is 0 Å². The van der Waals surface area contributed by atoms with Gasteiger partial charge < -0.3 is 18.6 Å². The zero-order valence-electron chi connectivity index (χ0n) is 18.4. The van der Waals surface area contributed by atoms with E-state index in [1.807, 2.05) is 57.6 Å². The van der Waals surface area contributed by atoms with Crippen LogP contribution in [0.5, 0.6) is 5.75 Å². The minimum absolute atomic E-state index is 0.0127. The van der Waals surface area contributed by atoms with E-state index in [1.54, 1.807) is 24.1 Å². The van der Waals surface area contributed by atoms with Crippen LogP contribution in [0.15, 0.2) is 65.6 Å². The summed E-state index contributed by atoms with van der Waals surface area (Å²) in [6, 6.07) is 16.8. The van der Waals surface area contributed by atoms with Gasteiger partial charge in [0.15, 0.2) is 0 Å². The summed E-state index contributed by atoms with van der Waals surface area (Å²) in [7, 11) is 1.64. The van der Waals surface area contributed by atoms with Crippen LogP contribution in [0.25, 0.3) is 16.6 Å². The van der Waals surface area contributed by atoms with Crippen molar-refractivity contribution in [2.24, 2.45) is 0 Å². The lowest BCUT2D eigenvalue weighted by molar-refractivity contribution is -0.121. The molecule has 4 aromatic rings. The van der Waals surface area contributed by atoms with E-state index < -0.39 is 0 Å². The molecule has 0 spiro atoms. The molecule has 0 bridgehead atoms. The van der Waals surface area contributed by atoms with Crippen molar-refractivity contribution in [1.29, 1.82) is 0 Å². The van der Waals surface area contributed by atoms with Crippen molar-refractivity contribution >= 4 is 39.7 Å². The van der Waals surface area contributed by atoms with Crippen LogP contribution in [0.1, 0.15) is 6.42 Å². The van der Waals surface area contributed by atoms with Crippen LogP contribution in [0, 0.1) is 0 Å². The van der Waals surface area contributed by atoms with Crippen LogP contribution in [-0.2, 0) is 11.3 Å². The molecule has 0 atom stereocenters. The Morgan fingerprint density at radius 2 is 1.76 bits per heavy atom. The largest absolute Gasteiger partial charge is 0.497 e. The Morgan fingerprint density at radius 3 is 2.52 bits per heavy atom. The fraction of sp³-hybridized carbons (Fsp3) is 0.280. The molecule has 0 aliphatic carbocycles. The zero-order chi connectivity index (χ0) is 22.9. The highest BCUT2D eigenvalue weighted by molar-refractivity contribution is 6.30. The van der Waals surface area contributed by atoms with Crippen molar-refractivity contribution in [2.45, 2.75) is 13.0 Å². The van der Waals surface area contributed by atoms with E-state index in [9.17, 15) is 9.59 Å². The third-order valence-electron chi connectivity index (χ3n) is 6.24. The lowest BCUT2D eigenvalue weighted by Crippen LogP contribution is -2.50. The van der Waals surface area contributed by atoms with Crippen molar-refractivity contribution < 1.29 is 9.53 Å². The maximum atomic E-state index is 13.1. The molecule has 3 heterocycles. The van der Waals surface area contributed by atoms with E-state index in [-0.39, 0.29) is 11.5 Å². The number of aromatic nitrogens is 2. The number of aryl methyl sites for hydroxylation is 1. The van der Waals surface area contributed by atoms with Crippen LogP contribution in [0.2, 0.25) is 5.02 Å². The number of halogens is 1. The number of hydrogen-bond donors (Lipinski definition) is 0. The van der Waals surface area contributed by atoms with Gasteiger partial charge in [0.05, 0.1) is 24.7 Å². The number of rotatable bonds is 6. The summed E-state index contributed by atoms with van der Waals surface area (Å²) >= 11 is 5.96. The molecule has 5 rings (SSSR count). The van der Waals surface area contributed by atoms with Gasteiger partial charge in [-0.05, 0) is 55.0 Å². The number of fused-ring (bicyclic) bond motifs is 3. The maximum Gasteiger partial charge on any atom is 0.275 e. The average molecular weight is 465 g/mol. The fourth-order valence-corrected chi connectivity index (χ4v) is 4.67. The maximum absolute atomic E-state index is 13.1. The summed E-state index contributed by atoms with van der Waals surface area (Å²) in [5, 5.41) is 0.657. The topological polar surface area (TPSA) is 59.2 Å². The van der Waals surface area contributed by atoms with Gasteiger partial charge in [0.25, 0.3) is 5.56 Å². The van der Waals surface area contributed by atoms with Gasteiger partial charge in [0.2, 0.25) is 5.91 Å². The Hall–Kier alpha value is -3.29. The average Bonchev–Trinajstić information content (AvgIpc) is 3.32. The summed E-state index contributed by atoms with van der Waals surface area (Å²) in [6.07, 6.45) is 2.67. The zero-order valence-corrected chi connectivity index (χ0v) is 19.2. The molecule has 0 N–H and O–H groups in total. The molecule has 7 nitrogen and oxygen atoms in total. The highest BCUT2D eigenvalue weighted by Gasteiger charge is 2.24. The number of carbonyl (C=O) groups is 1. The van der Waals surface area contributed by atoms with Crippen molar-refractivity contribution in [3.63, 3.8) is 0 Å². The quantitative estimate of drug-likeness (QED) is 0.437. The fourth-order valence-electron chi connectivity index (χ4n) is 4.55. The Balaban J connectivity index is 1.30. The van der Waals surface area contributed by atoms with Gasteiger partial charge in [-0.25, -0.2) is 0 Å². The first-order chi connectivity index (χ1) is 16.0. The molecule has 0 saturated carbocycles. The van der Waals surface area contributed by atoms with Crippen LogP contribution in [-0.4, -0.2) is 53.1 Å². The number of piperazine rings is 1. The second-order valence-corrected chi connectivity index (χ2v) is 8.66. The molecule has 8 heteroatoms. The Bertz CT molecular complexity index is 1380. The molecule has 1 amide bonds. The van der Waals surface area contributed by atoms with Gasteiger partial charge in [-0.15, -0.1) is 0 Å². The summed E-state index contributed by atoms with van der Waals surface area (Å²) < 4.78 is 9.12. The van der Waals surface area contributed by atoms with E-state index in [0.717, 1.165) is 42.0 Å². The number of anilines is 1. The lowest BCUT2D eigenvalue weighted by atomic mass is 10.2. The van der Waals surface area contributed by atoms with Crippen LogP contribution in [0.4, 0.5) is 5.69 Å². The standard InChI is InChI=1S/C25H25ClN4O3/c1-33-20-9-10-21-23(16-20)29-12-2-4-22(29)25(32)30(21)13-3-11-27-14-15-28(24(31)17-27)19-7-5-18(26)6-8-19/h2,4-10,12,16H,3,11,13-15,17H2,1H3. The van der Waals surface area contributed by atoms with Gasteiger partial charge in [0.1, 0.15) is 11.3 Å². The molecule has 1 fully saturated rings. The van der Waals surface area contributed by atoms with Crippen molar-refractivity contribution in [1.82, 2.24) is 13.9 Å². The highest BCUT2D eigenvalue weighted by atomic mass is 35.5. The number of methoxy groups -OCH3 is 1. The number of nitrogens with zero attached hydrogens (tertiary/aromatic N) is 4. The molecule has 1 aliphatic heterocycles. The molecule has 0 radical (unpaired) electrons. The number of benzene rings is 2. The molecule has 0 unspecified atom stereocenters. The monoisotopic (exact) mass is 464 g/mol. The second kappa shape index (κ2) is 8.92. The third kappa shape index (κ3) is 4.10. The summed E-state index contributed by atoms with van der Waals surface area (Å²) in [5.74, 6) is 0.827. The molecule has 2 aromatic carbocycles. The first kappa shape index (κ1) is 21.6. The molecular weight excluding hydrogens is 440 g/mol. The van der Waals surface area contributed by atoms with E-state index in [0.29, 0.717) is 30.2 Å². The number of ether oxygens (including phenoxy) is 1. The summed E-state index contributed by atoms with van der Waals surface area (Å²) in [4.78, 5) is 29.8. The molecule has 170 valence electrons. The highest BCUT2D eigenvalue weighted by Crippen LogP contribution is 2.22. The first-order valence-corrected chi connectivity index (χ1v) is 11.4. The number of amides is 1. The molecule has 33 heavy (non-hydrogen) atoms. The summed E-state index contributed by atoms with van der Waals surface area (Å²) in [5.41, 5.74) is 3.30. The first-order valence-electron chi connectivity index (χ1n) is 11.0. The Labute approximate surface area is 196 Å². The number of hydrogen-bond acceptors (Lipinski definition) is 4. The predicted octanol–water partition coefficient (Wildman–Crippen LogP) is 3.66. The Kier molecular flexibility index (Phi) is 5.83. The van der Waals surface area contributed by atoms with Gasteiger partial charge in [-0.2, -0.15) is 0 Å². The predicted molar refractivity (Wildman–Crippen MR) is 131 cm³/mol. The Morgan fingerprint density at radius 1 is 0.939 bits per heavy atom. The minimum Gasteiger partial charge on any atom is -0.497 e. The van der Waals surface area contributed by atoms with E-state index >= 15 is 0 Å². The molecule has 1 saturated heterocycles. The van der Waals surface area contributed by atoms with E-state index in [1.165, 1.54) is 0 Å². The SMILES string of the molecule is COc1ccc2c(c1)n1cccc1c(=O)n2CCCN1CCN(c2ccc(Cl)cc2)C(=O)C1. The smallest absolute Gasteiger partial charge is 0.275 e. The molecular formula is C25H25ClN4O3. The second-order valence-electron chi connectivity index (χ2n) is 8.23. The van der Waals surface area contributed by atoms with Crippen molar-refractivity contribution in [3.05, 3.63) is 76.2 Å². The third-order valence-corrected chi connectivity index (χ3v) is 6.49. The van der Waals surface area contributed by atoms with Crippen LogP contribution < -0.4 is 15.2 Å². The molecule has 2 aromatic heterocycles. The van der Waals surface area contributed by atoms with E-state index in [4.69, 9.17) is 16.3 Å². The van der Waals surface area contributed by atoms with Gasteiger partial charge in [-0.1, -0.05) is 11.6 Å². The lowest BCUT2D eigenvalue weighted by Gasteiger charge is -2.34. The van der Waals surface area contributed by atoms with Gasteiger partial charge >= 0.3 is 0 Å². The summed E-state index contributed by atoms with van der Waals surface area (Å²) in [6.45, 7) is 3.12. The van der Waals surface area contributed by atoms with Gasteiger partial charge in [-0.3, -0.25) is 14.5 Å². The number of carbonyl (C=O) groups excluding carboxylic acids is 1. The van der Waals surface area contributed by atoms with E-state index in [2.05, 4.69) is 4.90 Å². The molecule has 1 aliphatic rings.